The largest absolute Gasteiger partial charge is 0.440 e. The van der Waals surface area contributed by atoms with Gasteiger partial charge in [-0.1, -0.05) is 77.9 Å². The molecule has 0 amide bonds. The van der Waals surface area contributed by atoms with Gasteiger partial charge in [-0.3, -0.25) is 0 Å². The van der Waals surface area contributed by atoms with E-state index < -0.39 is 0 Å². The Morgan fingerprint density at radius 2 is 1.45 bits per heavy atom. The molecule has 1 N–H and O–H groups in total. The number of aryl methyl sites for hydroxylation is 2. The number of hydrogen-bond donors (Lipinski definition) is 1. The summed E-state index contributed by atoms with van der Waals surface area (Å²) < 4.78 is 6.32. The number of aromatic amines is 1. The molecule has 142 valence electrons. The summed E-state index contributed by atoms with van der Waals surface area (Å²) in [6.45, 7) is 4.18. The van der Waals surface area contributed by atoms with Gasteiger partial charge in [0.2, 0.25) is 0 Å². The quantitative estimate of drug-likeness (QED) is 0.378. The number of benzene rings is 3. The Bertz CT molecular complexity index is 1210. The topological polar surface area (TPSA) is 41.8 Å². The molecule has 0 atom stereocenters. The highest BCUT2D eigenvalue weighted by Crippen LogP contribution is 2.34. The molecule has 0 aliphatic carbocycles. The third kappa shape index (κ3) is 3.36. The van der Waals surface area contributed by atoms with E-state index in [0.29, 0.717) is 6.42 Å². The third-order valence-electron chi connectivity index (χ3n) is 5.33. The van der Waals surface area contributed by atoms with Gasteiger partial charge in [-0.25, -0.2) is 4.98 Å². The van der Waals surface area contributed by atoms with Crippen molar-refractivity contribution in [2.75, 3.05) is 0 Å². The Morgan fingerprint density at radius 3 is 2.17 bits per heavy atom. The van der Waals surface area contributed by atoms with Crippen molar-refractivity contribution in [1.29, 1.82) is 0 Å². The highest BCUT2D eigenvalue weighted by molar-refractivity contribution is 5.83. The lowest BCUT2D eigenvalue weighted by Crippen LogP contribution is -1.87. The number of hydrogen-bond acceptors (Lipinski definition) is 2. The van der Waals surface area contributed by atoms with Crippen LogP contribution in [0.25, 0.3) is 33.5 Å². The first kappa shape index (κ1) is 17.5. The minimum atomic E-state index is 0.648. The van der Waals surface area contributed by atoms with Crippen LogP contribution in [0.2, 0.25) is 0 Å². The van der Waals surface area contributed by atoms with Crippen LogP contribution in [0, 0.1) is 13.8 Å². The second-order valence-electron chi connectivity index (χ2n) is 7.55. The molecule has 0 bridgehead atoms. The summed E-state index contributed by atoms with van der Waals surface area (Å²) in [5.41, 5.74) is 7.78. The number of aromatic nitrogens is 2. The zero-order valence-corrected chi connectivity index (χ0v) is 16.6. The molecule has 3 heteroatoms. The fourth-order valence-electron chi connectivity index (χ4n) is 3.69. The second-order valence-corrected chi connectivity index (χ2v) is 7.55. The number of nitrogens with one attached hydrogen (secondary N) is 1. The summed E-state index contributed by atoms with van der Waals surface area (Å²) in [6, 6.07) is 25.2. The molecular formula is C26H22N2O. The van der Waals surface area contributed by atoms with E-state index in [1.165, 1.54) is 22.1 Å². The molecule has 0 saturated carbocycles. The molecule has 0 fully saturated rings. The molecule has 0 aliphatic heterocycles. The second kappa shape index (κ2) is 7.10. The average Bonchev–Trinajstić information content (AvgIpc) is 3.34. The summed E-state index contributed by atoms with van der Waals surface area (Å²) >= 11 is 0. The van der Waals surface area contributed by atoms with Gasteiger partial charge in [0.25, 0.3) is 0 Å². The van der Waals surface area contributed by atoms with Crippen LogP contribution in [0.4, 0.5) is 0 Å². The van der Waals surface area contributed by atoms with Crippen molar-refractivity contribution in [3.63, 3.8) is 0 Å². The number of fused-ring (bicyclic) bond motifs is 1. The molecule has 0 unspecified atom stereocenters. The molecule has 3 aromatic carbocycles. The van der Waals surface area contributed by atoms with Crippen molar-refractivity contribution in [2.45, 2.75) is 20.3 Å². The molecule has 3 nitrogen and oxygen atoms in total. The molecule has 2 aromatic heterocycles. The van der Waals surface area contributed by atoms with Crippen LogP contribution in [0.1, 0.15) is 22.6 Å². The van der Waals surface area contributed by atoms with E-state index >= 15 is 0 Å². The van der Waals surface area contributed by atoms with Gasteiger partial charge in [0.05, 0.1) is 6.42 Å². The first-order valence-electron chi connectivity index (χ1n) is 9.86. The first-order valence-corrected chi connectivity index (χ1v) is 9.86. The minimum Gasteiger partial charge on any atom is -0.440 e. The standard InChI is InChI=1S/C26H22N2O/c1-17-7-11-19(12-8-17)25-26(20-13-9-18(2)10-14-20)29-24(28-25)15-21-16-27-23-6-4-3-5-22(21)23/h3-14,16,27H,15H2,1-2H3. The maximum Gasteiger partial charge on any atom is 0.200 e. The molecule has 5 aromatic rings. The predicted octanol–water partition coefficient (Wildman–Crippen LogP) is 6.70. The van der Waals surface area contributed by atoms with Gasteiger partial charge >= 0.3 is 0 Å². The van der Waals surface area contributed by atoms with E-state index in [0.717, 1.165) is 34.0 Å². The smallest absolute Gasteiger partial charge is 0.200 e. The third-order valence-corrected chi connectivity index (χ3v) is 5.33. The fraction of sp³-hybridized carbons (Fsp3) is 0.115. The van der Waals surface area contributed by atoms with E-state index in [2.05, 4.69) is 85.6 Å². The van der Waals surface area contributed by atoms with Crippen molar-refractivity contribution in [2.24, 2.45) is 0 Å². The SMILES string of the molecule is Cc1ccc(-c2nc(Cc3c[nH]c4ccccc34)oc2-c2ccc(C)cc2)cc1. The highest BCUT2D eigenvalue weighted by atomic mass is 16.4. The Morgan fingerprint density at radius 1 is 0.793 bits per heavy atom. The summed E-state index contributed by atoms with van der Waals surface area (Å²) in [7, 11) is 0. The monoisotopic (exact) mass is 378 g/mol. The van der Waals surface area contributed by atoms with Gasteiger partial charge in [0.15, 0.2) is 11.7 Å². The van der Waals surface area contributed by atoms with Crippen LogP contribution >= 0.6 is 0 Å². The van der Waals surface area contributed by atoms with Crippen molar-refractivity contribution >= 4 is 10.9 Å². The number of rotatable bonds is 4. The van der Waals surface area contributed by atoms with Crippen molar-refractivity contribution in [1.82, 2.24) is 9.97 Å². The number of H-pyrrole nitrogens is 1. The highest BCUT2D eigenvalue weighted by Gasteiger charge is 2.18. The fourth-order valence-corrected chi connectivity index (χ4v) is 3.69. The van der Waals surface area contributed by atoms with Crippen LogP contribution in [0.15, 0.2) is 83.4 Å². The van der Waals surface area contributed by atoms with Crippen LogP contribution in [-0.4, -0.2) is 9.97 Å². The number of oxazole rings is 1. The lowest BCUT2D eigenvalue weighted by atomic mass is 10.0. The summed E-state index contributed by atoms with van der Waals surface area (Å²) in [5.74, 6) is 1.55. The summed E-state index contributed by atoms with van der Waals surface area (Å²) in [4.78, 5) is 8.25. The van der Waals surface area contributed by atoms with Crippen molar-refractivity contribution in [3.05, 3.63) is 102 Å². The Kier molecular flexibility index (Phi) is 4.28. The van der Waals surface area contributed by atoms with Crippen LogP contribution < -0.4 is 0 Å². The van der Waals surface area contributed by atoms with Gasteiger partial charge in [-0.05, 0) is 25.5 Å². The molecular weight excluding hydrogens is 356 g/mol. The van der Waals surface area contributed by atoms with Crippen molar-refractivity contribution < 1.29 is 4.42 Å². The Labute approximate surface area is 170 Å². The molecule has 5 rings (SSSR count). The Hall–Kier alpha value is -3.59. The van der Waals surface area contributed by atoms with Gasteiger partial charge in [-0.15, -0.1) is 0 Å². The first-order chi connectivity index (χ1) is 14.2. The molecule has 0 spiro atoms. The van der Waals surface area contributed by atoms with Crippen LogP contribution in [0.5, 0.6) is 0 Å². The van der Waals surface area contributed by atoms with Crippen molar-refractivity contribution in [3.8, 4) is 22.6 Å². The maximum atomic E-state index is 6.32. The van der Waals surface area contributed by atoms with E-state index in [-0.39, 0.29) is 0 Å². The molecule has 0 saturated heterocycles. The van der Waals surface area contributed by atoms with Gasteiger partial charge in [0.1, 0.15) is 5.69 Å². The zero-order valence-electron chi connectivity index (χ0n) is 16.6. The van der Waals surface area contributed by atoms with E-state index in [1.807, 2.05) is 12.3 Å². The molecule has 2 heterocycles. The summed E-state index contributed by atoms with van der Waals surface area (Å²) in [5, 5.41) is 1.21. The lowest BCUT2D eigenvalue weighted by molar-refractivity contribution is 0.520. The zero-order chi connectivity index (χ0) is 19.8. The number of para-hydroxylation sites is 1. The van der Waals surface area contributed by atoms with Gasteiger partial charge in [0, 0.05) is 28.2 Å². The minimum absolute atomic E-state index is 0.648. The Balaban J connectivity index is 1.60. The van der Waals surface area contributed by atoms with Crippen LogP contribution in [-0.2, 0) is 6.42 Å². The molecule has 29 heavy (non-hydrogen) atoms. The normalized spacial score (nSPS) is 11.2. The van der Waals surface area contributed by atoms with E-state index in [1.54, 1.807) is 0 Å². The van der Waals surface area contributed by atoms with Gasteiger partial charge in [-0.2, -0.15) is 0 Å². The maximum absolute atomic E-state index is 6.32. The molecule has 0 aliphatic rings. The molecule has 0 radical (unpaired) electrons. The van der Waals surface area contributed by atoms with Crippen LogP contribution in [0.3, 0.4) is 0 Å². The van der Waals surface area contributed by atoms with E-state index in [9.17, 15) is 0 Å². The van der Waals surface area contributed by atoms with Gasteiger partial charge < -0.3 is 9.40 Å². The number of nitrogens with zero attached hydrogens (tertiary/aromatic N) is 1. The van der Waals surface area contributed by atoms with E-state index in [4.69, 9.17) is 9.40 Å². The predicted molar refractivity (Wildman–Crippen MR) is 118 cm³/mol. The average molecular weight is 378 g/mol. The summed E-state index contributed by atoms with van der Waals surface area (Å²) in [6.07, 6.45) is 2.70. The lowest BCUT2D eigenvalue weighted by Gasteiger charge is -2.03.